The quantitative estimate of drug-likeness (QED) is 0.546. The maximum atomic E-state index is 12.4. The average molecular weight is 443 g/mol. The van der Waals surface area contributed by atoms with Gasteiger partial charge < -0.3 is 19.8 Å². The van der Waals surface area contributed by atoms with Gasteiger partial charge in [0.1, 0.15) is 11.5 Å². The van der Waals surface area contributed by atoms with Crippen LogP contribution in [-0.4, -0.2) is 49.1 Å². The highest BCUT2D eigenvalue weighted by Gasteiger charge is 2.24. The number of H-pyrrole nitrogens is 1. The molecule has 0 unspecified atom stereocenters. The standard InChI is InChI=1S/C24H27F2N3O3/c1-31-19-6-7-22-20(12-19)21(14-27-22)17-8-10-29(11-9-17)15-23(30)28-13-16-2-4-18(5-3-16)32-24(25)26/h2-7,12,14,17,24,27H,8-11,13,15H2,1H3,(H,28,30). The molecule has 1 aliphatic rings. The maximum Gasteiger partial charge on any atom is 0.387 e. The summed E-state index contributed by atoms with van der Waals surface area (Å²) < 4.78 is 34.1. The summed E-state index contributed by atoms with van der Waals surface area (Å²) >= 11 is 0. The van der Waals surface area contributed by atoms with E-state index >= 15 is 0 Å². The van der Waals surface area contributed by atoms with Crippen molar-refractivity contribution in [3.8, 4) is 11.5 Å². The number of nitrogens with one attached hydrogen (secondary N) is 2. The fraction of sp³-hybridized carbons (Fsp3) is 0.375. The highest BCUT2D eigenvalue weighted by Crippen LogP contribution is 2.34. The lowest BCUT2D eigenvalue weighted by Gasteiger charge is -2.31. The molecule has 170 valence electrons. The van der Waals surface area contributed by atoms with E-state index in [-0.39, 0.29) is 11.7 Å². The normalized spacial score (nSPS) is 15.2. The van der Waals surface area contributed by atoms with Crippen molar-refractivity contribution in [2.45, 2.75) is 31.9 Å². The molecule has 2 heterocycles. The molecule has 0 spiro atoms. The summed E-state index contributed by atoms with van der Waals surface area (Å²) in [4.78, 5) is 17.9. The summed E-state index contributed by atoms with van der Waals surface area (Å²) in [6.07, 6.45) is 4.07. The lowest BCUT2D eigenvalue weighted by Crippen LogP contribution is -2.41. The van der Waals surface area contributed by atoms with Gasteiger partial charge in [0.05, 0.1) is 13.7 Å². The molecule has 4 rings (SSSR count). The molecule has 0 bridgehead atoms. The maximum absolute atomic E-state index is 12.4. The Balaban J connectivity index is 1.25. The second kappa shape index (κ2) is 9.99. The van der Waals surface area contributed by atoms with E-state index in [1.54, 1.807) is 19.2 Å². The van der Waals surface area contributed by atoms with Gasteiger partial charge in [-0.3, -0.25) is 9.69 Å². The second-order valence-corrected chi connectivity index (χ2v) is 8.01. The molecule has 0 radical (unpaired) electrons. The second-order valence-electron chi connectivity index (χ2n) is 8.01. The van der Waals surface area contributed by atoms with Gasteiger partial charge in [-0.25, -0.2) is 0 Å². The van der Waals surface area contributed by atoms with Gasteiger partial charge in [-0.05, 0) is 73.3 Å². The molecular weight excluding hydrogens is 416 g/mol. The Morgan fingerprint density at radius 3 is 2.56 bits per heavy atom. The van der Waals surface area contributed by atoms with Gasteiger partial charge in [0, 0.05) is 23.6 Å². The van der Waals surface area contributed by atoms with Crippen LogP contribution in [0.5, 0.6) is 11.5 Å². The van der Waals surface area contributed by atoms with Gasteiger partial charge in [0.25, 0.3) is 0 Å². The van der Waals surface area contributed by atoms with Crippen molar-refractivity contribution in [3.05, 3.63) is 59.8 Å². The van der Waals surface area contributed by atoms with Crippen LogP contribution in [0.25, 0.3) is 10.9 Å². The van der Waals surface area contributed by atoms with Crippen molar-refractivity contribution in [1.82, 2.24) is 15.2 Å². The lowest BCUT2D eigenvalue weighted by molar-refractivity contribution is -0.122. The molecule has 1 aromatic heterocycles. The molecular formula is C24H27F2N3O3. The van der Waals surface area contributed by atoms with Crippen molar-refractivity contribution >= 4 is 16.8 Å². The Kier molecular flexibility index (Phi) is 6.90. The number of likely N-dealkylation sites (tertiary alicyclic amines) is 1. The smallest absolute Gasteiger partial charge is 0.387 e. The minimum Gasteiger partial charge on any atom is -0.497 e. The number of alkyl halides is 2. The number of halogens is 2. The van der Waals surface area contributed by atoms with Crippen molar-refractivity contribution in [2.75, 3.05) is 26.7 Å². The van der Waals surface area contributed by atoms with Crippen LogP contribution in [0.15, 0.2) is 48.7 Å². The third-order valence-electron chi connectivity index (χ3n) is 5.95. The highest BCUT2D eigenvalue weighted by molar-refractivity contribution is 5.85. The van der Waals surface area contributed by atoms with Gasteiger partial charge in [-0.2, -0.15) is 8.78 Å². The number of nitrogens with zero attached hydrogens (tertiary/aromatic N) is 1. The fourth-order valence-electron chi connectivity index (χ4n) is 4.24. The van der Waals surface area contributed by atoms with E-state index in [4.69, 9.17) is 4.74 Å². The van der Waals surface area contributed by atoms with Crippen molar-refractivity contribution in [3.63, 3.8) is 0 Å². The molecule has 2 aromatic carbocycles. The number of amides is 1. The summed E-state index contributed by atoms with van der Waals surface area (Å²) in [6, 6.07) is 12.3. The van der Waals surface area contributed by atoms with Crippen molar-refractivity contribution < 1.29 is 23.0 Å². The van der Waals surface area contributed by atoms with Crippen molar-refractivity contribution in [2.24, 2.45) is 0 Å². The van der Waals surface area contributed by atoms with Gasteiger partial charge in [-0.1, -0.05) is 12.1 Å². The van der Waals surface area contributed by atoms with E-state index in [9.17, 15) is 13.6 Å². The zero-order valence-corrected chi connectivity index (χ0v) is 17.9. The van der Waals surface area contributed by atoms with E-state index in [1.807, 2.05) is 12.1 Å². The lowest BCUT2D eigenvalue weighted by atomic mass is 9.89. The number of carbonyl (C=O) groups excluding carboxylic acids is 1. The Bertz CT molecular complexity index is 1040. The Morgan fingerprint density at radius 2 is 1.88 bits per heavy atom. The molecule has 8 heteroatoms. The first-order valence-corrected chi connectivity index (χ1v) is 10.7. The minimum absolute atomic E-state index is 0.0480. The third-order valence-corrected chi connectivity index (χ3v) is 5.95. The topological polar surface area (TPSA) is 66.6 Å². The molecule has 3 aromatic rings. The molecule has 32 heavy (non-hydrogen) atoms. The van der Waals surface area contributed by atoms with Gasteiger partial charge in [-0.15, -0.1) is 0 Å². The first kappa shape index (κ1) is 22.1. The Hall–Kier alpha value is -3.13. The molecule has 0 atom stereocenters. The van der Waals surface area contributed by atoms with Gasteiger partial charge in [0.2, 0.25) is 5.91 Å². The van der Waals surface area contributed by atoms with E-state index in [0.29, 0.717) is 19.0 Å². The molecule has 1 aliphatic heterocycles. The fourth-order valence-corrected chi connectivity index (χ4v) is 4.24. The number of rotatable bonds is 8. The summed E-state index contributed by atoms with van der Waals surface area (Å²) in [6.45, 7) is -0.436. The zero-order valence-electron chi connectivity index (χ0n) is 17.9. The predicted octanol–water partition coefficient (Wildman–Crippen LogP) is 4.27. The largest absolute Gasteiger partial charge is 0.497 e. The van der Waals surface area contributed by atoms with Crippen LogP contribution in [0.4, 0.5) is 8.78 Å². The molecule has 1 saturated heterocycles. The summed E-state index contributed by atoms with van der Waals surface area (Å²) in [5.74, 6) is 1.35. The van der Waals surface area contributed by atoms with Gasteiger partial charge in [0.15, 0.2) is 0 Å². The molecule has 1 fully saturated rings. The Labute approximate surface area is 185 Å². The number of hydrogen-bond acceptors (Lipinski definition) is 4. The van der Waals surface area contributed by atoms with Crippen LogP contribution in [0.2, 0.25) is 0 Å². The number of methoxy groups -OCH3 is 1. The number of aromatic amines is 1. The summed E-state index contributed by atoms with van der Waals surface area (Å²) in [7, 11) is 1.67. The number of piperidine rings is 1. The average Bonchev–Trinajstić information content (AvgIpc) is 3.22. The van der Waals surface area contributed by atoms with Crippen LogP contribution in [-0.2, 0) is 11.3 Å². The predicted molar refractivity (Wildman–Crippen MR) is 118 cm³/mol. The van der Waals surface area contributed by atoms with Crippen LogP contribution >= 0.6 is 0 Å². The van der Waals surface area contributed by atoms with E-state index in [1.165, 1.54) is 23.1 Å². The van der Waals surface area contributed by atoms with E-state index in [0.717, 1.165) is 42.8 Å². The monoisotopic (exact) mass is 443 g/mol. The highest BCUT2D eigenvalue weighted by atomic mass is 19.3. The number of fused-ring (bicyclic) bond motifs is 1. The van der Waals surface area contributed by atoms with Crippen molar-refractivity contribution in [1.29, 1.82) is 0 Å². The first-order chi connectivity index (χ1) is 15.5. The SMILES string of the molecule is COc1ccc2[nH]cc(C3CCN(CC(=O)NCc4ccc(OC(F)F)cc4)CC3)c2c1. The Morgan fingerprint density at radius 1 is 1.16 bits per heavy atom. The molecule has 6 nitrogen and oxygen atoms in total. The molecule has 0 aliphatic carbocycles. The van der Waals surface area contributed by atoms with Crippen LogP contribution < -0.4 is 14.8 Å². The van der Waals surface area contributed by atoms with Crippen LogP contribution in [0.1, 0.15) is 29.9 Å². The molecule has 2 N–H and O–H groups in total. The molecule has 0 saturated carbocycles. The van der Waals surface area contributed by atoms with Crippen LogP contribution in [0.3, 0.4) is 0 Å². The first-order valence-electron chi connectivity index (χ1n) is 10.7. The number of ether oxygens (including phenoxy) is 2. The minimum atomic E-state index is -2.84. The summed E-state index contributed by atoms with van der Waals surface area (Å²) in [5, 5.41) is 4.09. The number of hydrogen-bond donors (Lipinski definition) is 2. The summed E-state index contributed by atoms with van der Waals surface area (Å²) in [5.41, 5.74) is 3.24. The number of benzene rings is 2. The zero-order chi connectivity index (χ0) is 22.5. The molecule has 1 amide bonds. The van der Waals surface area contributed by atoms with Gasteiger partial charge >= 0.3 is 6.61 Å². The third kappa shape index (κ3) is 5.37. The van der Waals surface area contributed by atoms with E-state index < -0.39 is 6.61 Å². The van der Waals surface area contributed by atoms with E-state index in [2.05, 4.69) is 32.2 Å². The van der Waals surface area contributed by atoms with Crippen LogP contribution in [0, 0.1) is 0 Å². The number of carbonyl (C=O) groups is 1. The number of aromatic nitrogens is 1.